The summed E-state index contributed by atoms with van der Waals surface area (Å²) in [6, 6.07) is 17.2. The van der Waals surface area contributed by atoms with Gasteiger partial charge in [-0.1, -0.05) is 42.5 Å². The molecule has 1 aliphatic heterocycles. The molecule has 31 heavy (non-hydrogen) atoms. The quantitative estimate of drug-likeness (QED) is 0.684. The first kappa shape index (κ1) is 20.9. The summed E-state index contributed by atoms with van der Waals surface area (Å²) in [5.74, 6) is 0.00687. The van der Waals surface area contributed by atoms with Gasteiger partial charge >= 0.3 is 5.97 Å². The fourth-order valence-electron chi connectivity index (χ4n) is 4.31. The molecule has 0 amide bonds. The molecule has 1 atom stereocenters. The van der Waals surface area contributed by atoms with Crippen LogP contribution in [0.3, 0.4) is 0 Å². The minimum atomic E-state index is -0.442. The Balaban J connectivity index is 1.69. The highest BCUT2D eigenvalue weighted by Gasteiger charge is 2.39. The number of dihydropyridines is 1. The number of nitrogens with one attached hydrogen (secondary N) is 1. The van der Waals surface area contributed by atoms with E-state index in [1.807, 2.05) is 68.4 Å². The van der Waals surface area contributed by atoms with Crippen LogP contribution in [-0.4, -0.2) is 18.4 Å². The molecule has 0 fully saturated rings. The van der Waals surface area contributed by atoms with Crippen molar-refractivity contribution in [2.75, 3.05) is 6.61 Å². The van der Waals surface area contributed by atoms with Gasteiger partial charge in [0.25, 0.3) is 0 Å². The van der Waals surface area contributed by atoms with Gasteiger partial charge < -0.3 is 14.8 Å². The second-order valence-corrected chi connectivity index (χ2v) is 7.83. The normalized spacial score (nSPS) is 18.4. The van der Waals surface area contributed by atoms with E-state index >= 15 is 0 Å². The van der Waals surface area contributed by atoms with Gasteiger partial charge in [-0.15, -0.1) is 0 Å². The van der Waals surface area contributed by atoms with Gasteiger partial charge in [0.05, 0.1) is 12.2 Å². The van der Waals surface area contributed by atoms with Crippen LogP contribution in [0.4, 0.5) is 0 Å². The molecule has 1 N–H and O–H groups in total. The maximum Gasteiger partial charge on any atom is 0.337 e. The molecule has 2 aromatic rings. The highest BCUT2D eigenvalue weighted by Crippen LogP contribution is 2.42. The van der Waals surface area contributed by atoms with Gasteiger partial charge in [0.2, 0.25) is 0 Å². The summed E-state index contributed by atoms with van der Waals surface area (Å²) in [5, 5.41) is 3.32. The molecule has 1 unspecified atom stereocenters. The molecule has 0 spiro atoms. The third-order valence-electron chi connectivity index (χ3n) is 5.73. The van der Waals surface area contributed by atoms with E-state index in [-0.39, 0.29) is 12.4 Å². The molecule has 160 valence electrons. The van der Waals surface area contributed by atoms with Crippen molar-refractivity contribution in [1.82, 2.24) is 5.32 Å². The van der Waals surface area contributed by atoms with E-state index in [1.54, 1.807) is 0 Å². The van der Waals surface area contributed by atoms with Gasteiger partial charge in [0.15, 0.2) is 5.78 Å². The zero-order chi connectivity index (χ0) is 21.8. The molecular weight excluding hydrogens is 390 g/mol. The lowest BCUT2D eigenvalue weighted by molar-refractivity contribution is -0.140. The molecule has 0 radical (unpaired) electrons. The van der Waals surface area contributed by atoms with Gasteiger partial charge in [-0.05, 0) is 49.9 Å². The predicted octanol–water partition coefficient (Wildman–Crippen LogP) is 4.80. The van der Waals surface area contributed by atoms with Crippen molar-refractivity contribution in [2.24, 2.45) is 0 Å². The van der Waals surface area contributed by atoms with Gasteiger partial charge in [-0.3, -0.25) is 4.79 Å². The number of ether oxygens (including phenoxy) is 2. The van der Waals surface area contributed by atoms with E-state index in [0.717, 1.165) is 41.1 Å². The highest BCUT2D eigenvalue weighted by molar-refractivity contribution is 6.03. The third kappa shape index (κ3) is 4.41. The molecule has 0 aromatic heterocycles. The minimum Gasteiger partial charge on any atom is -0.494 e. The van der Waals surface area contributed by atoms with Crippen LogP contribution in [0.2, 0.25) is 0 Å². The molecule has 4 rings (SSSR count). The van der Waals surface area contributed by atoms with Crippen molar-refractivity contribution >= 4 is 11.8 Å². The fourth-order valence-corrected chi connectivity index (χ4v) is 4.31. The molecule has 2 aliphatic rings. The zero-order valence-corrected chi connectivity index (χ0v) is 17.9. The second kappa shape index (κ2) is 9.21. The standard InChI is InChI=1S/C26H27NO4/c1-3-30-20-14-12-19(13-15-20)24-23(26(29)31-16-18-8-5-4-6-9-18)17(2)27-21-10-7-11-22(28)25(21)24/h4-6,8-9,12-15,24,27H,3,7,10-11,16H2,1-2H3. The van der Waals surface area contributed by atoms with E-state index in [1.165, 1.54) is 0 Å². The number of rotatable bonds is 6. The van der Waals surface area contributed by atoms with Crippen molar-refractivity contribution in [2.45, 2.75) is 45.6 Å². The topological polar surface area (TPSA) is 64.6 Å². The highest BCUT2D eigenvalue weighted by atomic mass is 16.5. The average molecular weight is 418 g/mol. The summed E-state index contributed by atoms with van der Waals surface area (Å²) in [5.41, 5.74) is 4.65. The number of carbonyl (C=O) groups excluding carboxylic acids is 2. The first-order valence-electron chi connectivity index (χ1n) is 10.8. The Morgan fingerprint density at radius 2 is 1.81 bits per heavy atom. The summed E-state index contributed by atoms with van der Waals surface area (Å²) in [4.78, 5) is 26.2. The lowest BCUT2D eigenvalue weighted by Gasteiger charge is -2.34. The first-order valence-corrected chi connectivity index (χ1v) is 10.8. The maximum absolute atomic E-state index is 13.2. The van der Waals surface area contributed by atoms with E-state index in [0.29, 0.717) is 24.2 Å². The average Bonchev–Trinajstić information content (AvgIpc) is 2.78. The minimum absolute atomic E-state index is 0.0912. The molecule has 2 aromatic carbocycles. The lowest BCUT2D eigenvalue weighted by Crippen LogP contribution is -2.34. The molecule has 5 heteroatoms. The Hall–Kier alpha value is -3.34. The third-order valence-corrected chi connectivity index (χ3v) is 5.73. The van der Waals surface area contributed by atoms with Crippen LogP contribution in [-0.2, 0) is 20.9 Å². The smallest absolute Gasteiger partial charge is 0.337 e. The Morgan fingerprint density at radius 3 is 2.52 bits per heavy atom. The maximum atomic E-state index is 13.2. The second-order valence-electron chi connectivity index (χ2n) is 7.83. The van der Waals surface area contributed by atoms with E-state index < -0.39 is 11.9 Å². The zero-order valence-electron chi connectivity index (χ0n) is 17.9. The molecule has 0 bridgehead atoms. The van der Waals surface area contributed by atoms with Crippen LogP contribution >= 0.6 is 0 Å². The van der Waals surface area contributed by atoms with Gasteiger partial charge in [0.1, 0.15) is 12.4 Å². The Labute approximate surface area is 182 Å². The molecule has 0 saturated heterocycles. The molecule has 0 saturated carbocycles. The van der Waals surface area contributed by atoms with Crippen LogP contribution in [0.25, 0.3) is 0 Å². The van der Waals surface area contributed by atoms with Crippen LogP contribution in [0, 0.1) is 0 Å². The number of ketones is 1. The summed E-state index contributed by atoms with van der Waals surface area (Å²) in [6.45, 7) is 4.58. The number of hydrogen-bond acceptors (Lipinski definition) is 5. The lowest BCUT2D eigenvalue weighted by atomic mass is 9.75. The summed E-state index contributed by atoms with van der Waals surface area (Å²) in [7, 11) is 0. The Morgan fingerprint density at radius 1 is 1.06 bits per heavy atom. The number of carbonyl (C=O) groups is 2. The molecule has 1 heterocycles. The predicted molar refractivity (Wildman–Crippen MR) is 118 cm³/mol. The van der Waals surface area contributed by atoms with Gasteiger partial charge in [0, 0.05) is 29.3 Å². The van der Waals surface area contributed by atoms with Crippen LogP contribution in [0.5, 0.6) is 5.75 Å². The van der Waals surface area contributed by atoms with Crippen LogP contribution in [0.15, 0.2) is 77.1 Å². The monoisotopic (exact) mass is 417 g/mol. The Kier molecular flexibility index (Phi) is 6.21. The van der Waals surface area contributed by atoms with Crippen LogP contribution in [0.1, 0.15) is 50.2 Å². The SMILES string of the molecule is CCOc1ccc(C2C(C(=O)OCc3ccccc3)=C(C)NC3=C2C(=O)CCC3)cc1. The van der Waals surface area contributed by atoms with E-state index in [4.69, 9.17) is 9.47 Å². The molecule has 1 aliphatic carbocycles. The van der Waals surface area contributed by atoms with Crippen molar-refractivity contribution in [3.05, 3.63) is 88.3 Å². The van der Waals surface area contributed by atoms with Crippen molar-refractivity contribution < 1.29 is 19.1 Å². The fraction of sp³-hybridized carbons (Fsp3) is 0.308. The van der Waals surface area contributed by atoms with E-state index in [2.05, 4.69) is 5.32 Å². The summed E-state index contributed by atoms with van der Waals surface area (Å²) >= 11 is 0. The van der Waals surface area contributed by atoms with Crippen molar-refractivity contribution in [3.8, 4) is 5.75 Å². The van der Waals surface area contributed by atoms with Crippen molar-refractivity contribution in [1.29, 1.82) is 0 Å². The number of hydrogen-bond donors (Lipinski definition) is 1. The van der Waals surface area contributed by atoms with Gasteiger partial charge in [-0.25, -0.2) is 4.79 Å². The van der Waals surface area contributed by atoms with Crippen molar-refractivity contribution in [3.63, 3.8) is 0 Å². The molecule has 5 nitrogen and oxygen atoms in total. The van der Waals surface area contributed by atoms with Gasteiger partial charge in [-0.2, -0.15) is 0 Å². The largest absolute Gasteiger partial charge is 0.494 e. The number of benzene rings is 2. The Bertz CT molecular complexity index is 1030. The number of Topliss-reactive ketones (excluding diaryl/α,β-unsaturated/α-hetero) is 1. The van der Waals surface area contributed by atoms with Crippen LogP contribution < -0.4 is 10.1 Å². The number of allylic oxidation sites excluding steroid dienone is 3. The number of esters is 1. The molecular formula is C26H27NO4. The summed E-state index contributed by atoms with van der Waals surface area (Å²) in [6.07, 6.45) is 2.12. The first-order chi connectivity index (χ1) is 15.1. The van der Waals surface area contributed by atoms with E-state index in [9.17, 15) is 9.59 Å². The summed E-state index contributed by atoms with van der Waals surface area (Å²) < 4.78 is 11.2.